The van der Waals surface area contributed by atoms with E-state index in [0.29, 0.717) is 0 Å². The molecular weight excluding hydrogens is 311 g/mol. The molecule has 0 saturated carbocycles. The van der Waals surface area contributed by atoms with Gasteiger partial charge < -0.3 is 15.0 Å². The summed E-state index contributed by atoms with van der Waals surface area (Å²) in [6.45, 7) is 0.229. The van der Waals surface area contributed by atoms with E-state index in [1.807, 2.05) is 30.3 Å². The predicted octanol–water partition coefficient (Wildman–Crippen LogP) is 3.17. The van der Waals surface area contributed by atoms with Crippen LogP contribution in [0.5, 0.6) is 0 Å². The lowest BCUT2D eigenvalue weighted by atomic mass is 10.2. The average molecular weight is 326 g/mol. The molecule has 0 unspecified atom stereocenters. The van der Waals surface area contributed by atoms with E-state index in [1.54, 1.807) is 14.1 Å². The largest absolute Gasteiger partial charge is 0.349 e. The van der Waals surface area contributed by atoms with Crippen molar-refractivity contribution in [1.29, 1.82) is 0 Å². The Morgan fingerprint density at radius 2 is 1.89 bits per heavy atom. The zero-order valence-electron chi connectivity index (χ0n) is 10.6. The normalized spacial score (nSPS) is 12.9. The van der Waals surface area contributed by atoms with Crippen LogP contribution in [0.4, 0.5) is 4.79 Å². The second-order valence-electron chi connectivity index (χ2n) is 4.06. The second kappa shape index (κ2) is 7.20. The first-order valence-corrected chi connectivity index (χ1v) is 6.64. The van der Waals surface area contributed by atoms with Gasteiger partial charge in [0.05, 0.1) is 6.61 Å². The molecule has 1 aromatic rings. The van der Waals surface area contributed by atoms with Gasteiger partial charge >= 0.3 is 6.03 Å². The Balaban J connectivity index is 2.63. The Bertz CT molecular complexity index is 407. The van der Waals surface area contributed by atoms with Crippen molar-refractivity contribution in [3.8, 4) is 0 Å². The molecule has 0 aliphatic rings. The molecule has 4 nitrogen and oxygen atoms in total. The topological polar surface area (TPSA) is 41.6 Å². The van der Waals surface area contributed by atoms with Gasteiger partial charge in [0.15, 0.2) is 6.23 Å². The fourth-order valence-electron chi connectivity index (χ4n) is 1.21. The molecule has 0 heterocycles. The molecule has 0 radical (unpaired) electrons. The summed E-state index contributed by atoms with van der Waals surface area (Å²) in [6, 6.07) is 9.00. The molecule has 2 amide bonds. The number of nitrogens with one attached hydrogen (secondary N) is 1. The SMILES string of the molecule is CN(C)C(=O)N[C@@H](OCc1ccccc1)C(Cl)(Cl)Cl. The lowest BCUT2D eigenvalue weighted by Gasteiger charge is -2.27. The molecule has 0 saturated heterocycles. The van der Waals surface area contributed by atoms with Crippen LogP contribution in [0.2, 0.25) is 0 Å². The van der Waals surface area contributed by atoms with Crippen LogP contribution in [-0.4, -0.2) is 35.0 Å². The Kier molecular flexibility index (Phi) is 6.20. The standard InChI is InChI=1S/C12H15Cl3N2O2/c1-17(2)11(18)16-10(12(13,14)15)19-8-9-6-4-3-5-7-9/h3-7,10H,8H2,1-2H3,(H,16,18)/t10-/m0/s1. The molecule has 0 aliphatic carbocycles. The second-order valence-corrected chi connectivity index (χ2v) is 6.43. The summed E-state index contributed by atoms with van der Waals surface area (Å²) in [4.78, 5) is 12.9. The van der Waals surface area contributed by atoms with E-state index in [4.69, 9.17) is 39.5 Å². The van der Waals surface area contributed by atoms with Crippen LogP contribution in [0.3, 0.4) is 0 Å². The number of ether oxygens (including phenoxy) is 1. The van der Waals surface area contributed by atoms with Crippen molar-refractivity contribution in [1.82, 2.24) is 10.2 Å². The third-order valence-electron chi connectivity index (χ3n) is 2.22. The molecule has 0 aromatic heterocycles. The number of hydrogen-bond acceptors (Lipinski definition) is 2. The van der Waals surface area contributed by atoms with Crippen LogP contribution in [0, 0.1) is 0 Å². The highest BCUT2D eigenvalue weighted by atomic mass is 35.6. The van der Waals surface area contributed by atoms with E-state index in [1.165, 1.54) is 4.90 Å². The predicted molar refractivity (Wildman–Crippen MR) is 77.5 cm³/mol. The summed E-state index contributed by atoms with van der Waals surface area (Å²) < 4.78 is 3.71. The van der Waals surface area contributed by atoms with Crippen LogP contribution >= 0.6 is 34.8 Å². The number of urea groups is 1. The molecule has 0 bridgehead atoms. The van der Waals surface area contributed by atoms with Gasteiger partial charge in [-0.25, -0.2) is 4.79 Å². The Labute approximate surface area is 127 Å². The highest BCUT2D eigenvalue weighted by Gasteiger charge is 2.35. The lowest BCUT2D eigenvalue weighted by Crippen LogP contribution is -2.49. The number of hydrogen-bond donors (Lipinski definition) is 1. The van der Waals surface area contributed by atoms with Gasteiger partial charge in [0.2, 0.25) is 3.79 Å². The summed E-state index contributed by atoms with van der Waals surface area (Å²) in [7, 11) is 3.17. The van der Waals surface area contributed by atoms with Crippen molar-refractivity contribution >= 4 is 40.8 Å². The van der Waals surface area contributed by atoms with Crippen LogP contribution in [0.15, 0.2) is 30.3 Å². The summed E-state index contributed by atoms with van der Waals surface area (Å²) in [5.41, 5.74) is 0.917. The van der Waals surface area contributed by atoms with E-state index >= 15 is 0 Å². The number of alkyl halides is 3. The summed E-state index contributed by atoms with van der Waals surface area (Å²) in [5.74, 6) is 0. The van der Waals surface area contributed by atoms with Crippen LogP contribution in [0.1, 0.15) is 5.56 Å². The smallest absolute Gasteiger partial charge is 0.319 e. The first-order chi connectivity index (χ1) is 8.80. The zero-order chi connectivity index (χ0) is 14.5. The maximum absolute atomic E-state index is 11.6. The summed E-state index contributed by atoms with van der Waals surface area (Å²) in [6.07, 6.45) is -1.03. The third kappa shape index (κ3) is 5.87. The highest BCUT2D eigenvalue weighted by Crippen LogP contribution is 2.31. The van der Waals surface area contributed by atoms with Crippen molar-refractivity contribution in [3.63, 3.8) is 0 Å². The van der Waals surface area contributed by atoms with E-state index < -0.39 is 16.1 Å². The van der Waals surface area contributed by atoms with E-state index in [2.05, 4.69) is 5.32 Å². The maximum Gasteiger partial charge on any atom is 0.319 e. The van der Waals surface area contributed by atoms with Crippen molar-refractivity contribution in [2.45, 2.75) is 16.6 Å². The first-order valence-electron chi connectivity index (χ1n) is 5.51. The van der Waals surface area contributed by atoms with Gasteiger partial charge in [-0.05, 0) is 5.56 Å². The van der Waals surface area contributed by atoms with E-state index in [-0.39, 0.29) is 6.61 Å². The van der Waals surface area contributed by atoms with Gasteiger partial charge in [0.1, 0.15) is 0 Å². The van der Waals surface area contributed by atoms with Gasteiger partial charge in [0.25, 0.3) is 0 Å². The highest BCUT2D eigenvalue weighted by molar-refractivity contribution is 6.68. The quantitative estimate of drug-likeness (QED) is 0.682. The molecule has 0 aliphatic heterocycles. The third-order valence-corrected chi connectivity index (χ3v) is 2.81. The van der Waals surface area contributed by atoms with E-state index in [9.17, 15) is 4.79 Å². The molecule has 1 aromatic carbocycles. The van der Waals surface area contributed by atoms with Crippen molar-refractivity contribution < 1.29 is 9.53 Å². The Morgan fingerprint density at radius 3 is 2.37 bits per heavy atom. The number of carbonyl (C=O) groups excluding carboxylic acids is 1. The van der Waals surface area contributed by atoms with Crippen molar-refractivity contribution in [3.05, 3.63) is 35.9 Å². The molecule has 0 fully saturated rings. The summed E-state index contributed by atoms with van der Waals surface area (Å²) in [5, 5.41) is 2.50. The molecular formula is C12H15Cl3N2O2. The molecule has 1 atom stereocenters. The maximum atomic E-state index is 11.6. The Morgan fingerprint density at radius 1 is 1.32 bits per heavy atom. The van der Waals surface area contributed by atoms with Crippen molar-refractivity contribution in [2.75, 3.05) is 14.1 Å². The number of rotatable bonds is 4. The number of halogens is 3. The van der Waals surface area contributed by atoms with Crippen LogP contribution in [0.25, 0.3) is 0 Å². The van der Waals surface area contributed by atoms with Gasteiger partial charge in [-0.2, -0.15) is 0 Å². The van der Waals surface area contributed by atoms with Gasteiger partial charge in [0, 0.05) is 14.1 Å². The van der Waals surface area contributed by atoms with Crippen LogP contribution in [-0.2, 0) is 11.3 Å². The number of carbonyl (C=O) groups is 1. The fourth-order valence-corrected chi connectivity index (χ4v) is 1.57. The fraction of sp³-hybridized carbons (Fsp3) is 0.417. The number of benzene rings is 1. The van der Waals surface area contributed by atoms with Gasteiger partial charge in [-0.1, -0.05) is 65.1 Å². The minimum absolute atomic E-state index is 0.229. The minimum atomic E-state index is -1.75. The molecule has 19 heavy (non-hydrogen) atoms. The average Bonchev–Trinajstić information content (AvgIpc) is 2.33. The molecule has 1 rings (SSSR count). The minimum Gasteiger partial charge on any atom is -0.349 e. The van der Waals surface area contributed by atoms with Gasteiger partial charge in [-0.3, -0.25) is 0 Å². The van der Waals surface area contributed by atoms with Gasteiger partial charge in [-0.15, -0.1) is 0 Å². The molecule has 7 heteroatoms. The number of amides is 2. The number of nitrogens with zero attached hydrogens (tertiary/aromatic N) is 1. The monoisotopic (exact) mass is 324 g/mol. The first kappa shape index (κ1) is 16.4. The molecule has 106 valence electrons. The van der Waals surface area contributed by atoms with Crippen molar-refractivity contribution in [2.24, 2.45) is 0 Å². The molecule has 0 spiro atoms. The zero-order valence-corrected chi connectivity index (χ0v) is 12.8. The van der Waals surface area contributed by atoms with E-state index in [0.717, 1.165) is 5.56 Å². The lowest BCUT2D eigenvalue weighted by molar-refractivity contribution is 0.0253. The summed E-state index contributed by atoms with van der Waals surface area (Å²) >= 11 is 17.4. The van der Waals surface area contributed by atoms with Crippen LogP contribution < -0.4 is 5.32 Å². The molecule has 1 N–H and O–H groups in total. The Hall–Kier alpha value is -0.680.